The Kier molecular flexibility index (Phi) is 6.54. The third-order valence-electron chi connectivity index (χ3n) is 3.46. The summed E-state index contributed by atoms with van der Waals surface area (Å²) in [6.45, 7) is 2.56. The predicted molar refractivity (Wildman–Crippen MR) is 69.4 cm³/mol. The van der Waals surface area contributed by atoms with Gasteiger partial charge in [0.05, 0.1) is 0 Å². The van der Waals surface area contributed by atoms with E-state index in [9.17, 15) is 9.59 Å². The minimum Gasteiger partial charge on any atom is -0.480 e. The van der Waals surface area contributed by atoms with E-state index in [1.807, 2.05) is 6.92 Å². The quantitative estimate of drug-likeness (QED) is 0.681. The van der Waals surface area contributed by atoms with Crippen molar-refractivity contribution >= 4 is 12.0 Å². The van der Waals surface area contributed by atoms with Gasteiger partial charge in [-0.05, 0) is 25.2 Å². The molecule has 0 aromatic carbocycles. The van der Waals surface area contributed by atoms with Crippen molar-refractivity contribution in [1.82, 2.24) is 10.6 Å². The Morgan fingerprint density at radius 1 is 1.28 bits per heavy atom. The summed E-state index contributed by atoms with van der Waals surface area (Å²) in [5, 5.41) is 14.2. The van der Waals surface area contributed by atoms with Crippen molar-refractivity contribution in [2.75, 3.05) is 6.54 Å². The number of carbonyl (C=O) groups is 2. The van der Waals surface area contributed by atoms with Crippen LogP contribution in [0.4, 0.5) is 4.79 Å². The summed E-state index contributed by atoms with van der Waals surface area (Å²) in [4.78, 5) is 22.5. The van der Waals surface area contributed by atoms with Crippen LogP contribution in [0.25, 0.3) is 0 Å². The number of urea groups is 1. The molecular weight excluding hydrogens is 232 g/mol. The number of carboxylic acids is 1. The number of hydrogen-bond donors (Lipinski definition) is 3. The maximum Gasteiger partial charge on any atom is 0.326 e. The monoisotopic (exact) mass is 256 g/mol. The molecule has 0 heterocycles. The maximum absolute atomic E-state index is 11.6. The van der Waals surface area contributed by atoms with Crippen LogP contribution >= 0.6 is 0 Å². The molecule has 1 saturated carbocycles. The van der Waals surface area contributed by atoms with E-state index in [2.05, 4.69) is 10.6 Å². The fraction of sp³-hybridized carbons (Fsp3) is 0.846. The van der Waals surface area contributed by atoms with Crippen molar-refractivity contribution in [1.29, 1.82) is 0 Å². The van der Waals surface area contributed by atoms with Crippen LogP contribution in [0, 0.1) is 5.92 Å². The van der Waals surface area contributed by atoms with E-state index in [0.717, 1.165) is 19.3 Å². The van der Waals surface area contributed by atoms with Crippen molar-refractivity contribution in [3.63, 3.8) is 0 Å². The average Bonchev–Trinajstić information content (AvgIpc) is 2.37. The zero-order valence-corrected chi connectivity index (χ0v) is 11.1. The highest BCUT2D eigenvalue weighted by molar-refractivity contribution is 5.82. The fourth-order valence-corrected chi connectivity index (χ4v) is 2.38. The van der Waals surface area contributed by atoms with Crippen molar-refractivity contribution in [3.05, 3.63) is 0 Å². The number of rotatable bonds is 6. The second-order valence-corrected chi connectivity index (χ2v) is 5.04. The number of carbonyl (C=O) groups excluding carboxylic acids is 1. The highest BCUT2D eigenvalue weighted by Crippen LogP contribution is 2.22. The first-order valence-corrected chi connectivity index (χ1v) is 6.90. The summed E-state index contributed by atoms with van der Waals surface area (Å²) in [5.41, 5.74) is 0. The third-order valence-corrected chi connectivity index (χ3v) is 3.46. The van der Waals surface area contributed by atoms with Gasteiger partial charge in [0.1, 0.15) is 6.04 Å². The molecule has 0 aromatic heterocycles. The van der Waals surface area contributed by atoms with Gasteiger partial charge < -0.3 is 15.7 Å². The van der Waals surface area contributed by atoms with E-state index < -0.39 is 12.0 Å². The Balaban J connectivity index is 2.24. The molecule has 2 amide bonds. The van der Waals surface area contributed by atoms with Gasteiger partial charge in [0, 0.05) is 6.54 Å². The van der Waals surface area contributed by atoms with Crippen LogP contribution in [-0.2, 0) is 4.79 Å². The maximum atomic E-state index is 11.6. The van der Waals surface area contributed by atoms with Gasteiger partial charge in [0.2, 0.25) is 0 Å². The molecule has 104 valence electrons. The molecule has 1 fully saturated rings. The van der Waals surface area contributed by atoms with E-state index in [4.69, 9.17) is 5.11 Å². The first-order valence-electron chi connectivity index (χ1n) is 6.90. The first-order chi connectivity index (χ1) is 8.63. The summed E-state index contributed by atoms with van der Waals surface area (Å²) >= 11 is 0. The molecule has 0 radical (unpaired) electrons. The molecular formula is C13H24N2O3. The highest BCUT2D eigenvalue weighted by atomic mass is 16.4. The molecule has 1 rings (SSSR count). The number of hydrogen-bond acceptors (Lipinski definition) is 2. The molecule has 1 aliphatic carbocycles. The lowest BCUT2D eigenvalue weighted by atomic mass is 9.89. The largest absolute Gasteiger partial charge is 0.480 e. The van der Waals surface area contributed by atoms with Crippen LogP contribution < -0.4 is 10.6 Å². The van der Waals surface area contributed by atoms with E-state index in [1.165, 1.54) is 19.3 Å². The Labute approximate surface area is 108 Å². The summed E-state index contributed by atoms with van der Waals surface area (Å²) in [5.74, 6) is -0.413. The average molecular weight is 256 g/mol. The van der Waals surface area contributed by atoms with E-state index in [-0.39, 0.29) is 6.03 Å². The molecule has 0 unspecified atom stereocenters. The Morgan fingerprint density at radius 3 is 2.50 bits per heavy atom. The van der Waals surface area contributed by atoms with Crippen LogP contribution in [0.1, 0.15) is 51.9 Å². The molecule has 0 aliphatic heterocycles. The lowest BCUT2D eigenvalue weighted by molar-refractivity contribution is -0.139. The number of amides is 2. The summed E-state index contributed by atoms with van der Waals surface area (Å²) < 4.78 is 0. The number of carboxylic acid groups (broad SMARTS) is 1. The van der Waals surface area contributed by atoms with Crippen molar-refractivity contribution in [2.45, 2.75) is 57.9 Å². The second kappa shape index (κ2) is 7.95. The second-order valence-electron chi connectivity index (χ2n) is 5.04. The number of aliphatic carboxylic acids is 1. The molecule has 0 spiro atoms. The summed E-state index contributed by atoms with van der Waals surface area (Å²) in [7, 11) is 0. The van der Waals surface area contributed by atoms with Crippen LogP contribution in [0.2, 0.25) is 0 Å². The van der Waals surface area contributed by atoms with Crippen LogP contribution in [0.5, 0.6) is 0 Å². The number of nitrogens with one attached hydrogen (secondary N) is 2. The topological polar surface area (TPSA) is 78.4 Å². The van der Waals surface area contributed by atoms with Crippen molar-refractivity contribution < 1.29 is 14.7 Å². The Bertz CT molecular complexity index is 275. The lowest BCUT2D eigenvalue weighted by Gasteiger charge is -2.22. The SMILES string of the molecule is CCC[C@@H](NC(=O)NCC1CCCCC1)C(=O)O. The summed E-state index contributed by atoms with van der Waals surface area (Å²) in [6, 6.07) is -1.14. The zero-order chi connectivity index (χ0) is 13.4. The van der Waals surface area contributed by atoms with Gasteiger partial charge in [-0.1, -0.05) is 32.6 Å². The van der Waals surface area contributed by atoms with E-state index in [1.54, 1.807) is 0 Å². The van der Waals surface area contributed by atoms with Crippen molar-refractivity contribution in [3.8, 4) is 0 Å². The van der Waals surface area contributed by atoms with Crippen LogP contribution in [0.3, 0.4) is 0 Å². The molecule has 0 saturated heterocycles. The summed E-state index contributed by atoms with van der Waals surface area (Å²) in [6.07, 6.45) is 7.30. The van der Waals surface area contributed by atoms with Crippen LogP contribution in [0.15, 0.2) is 0 Å². The van der Waals surface area contributed by atoms with Gasteiger partial charge in [0.15, 0.2) is 0 Å². The smallest absolute Gasteiger partial charge is 0.326 e. The molecule has 0 bridgehead atoms. The third kappa shape index (κ3) is 5.38. The first kappa shape index (κ1) is 14.8. The highest BCUT2D eigenvalue weighted by Gasteiger charge is 2.19. The van der Waals surface area contributed by atoms with Crippen molar-refractivity contribution in [2.24, 2.45) is 5.92 Å². The minimum atomic E-state index is -0.968. The fourth-order valence-electron chi connectivity index (χ4n) is 2.38. The lowest BCUT2D eigenvalue weighted by Crippen LogP contribution is -2.47. The Morgan fingerprint density at radius 2 is 1.94 bits per heavy atom. The standard InChI is InChI=1S/C13H24N2O3/c1-2-6-11(12(16)17)15-13(18)14-9-10-7-4-3-5-8-10/h10-11H,2-9H2,1H3,(H,16,17)(H2,14,15,18)/t11-/m1/s1. The van der Waals surface area contributed by atoms with Gasteiger partial charge in [-0.15, -0.1) is 0 Å². The molecule has 18 heavy (non-hydrogen) atoms. The normalized spacial score (nSPS) is 18.1. The Hall–Kier alpha value is -1.26. The van der Waals surface area contributed by atoms with E-state index >= 15 is 0 Å². The molecule has 3 N–H and O–H groups in total. The van der Waals surface area contributed by atoms with E-state index in [0.29, 0.717) is 18.9 Å². The zero-order valence-electron chi connectivity index (χ0n) is 11.1. The van der Waals surface area contributed by atoms with Gasteiger partial charge in [0.25, 0.3) is 0 Å². The molecule has 0 aromatic rings. The van der Waals surface area contributed by atoms with Gasteiger partial charge in [-0.25, -0.2) is 9.59 Å². The van der Waals surface area contributed by atoms with Gasteiger partial charge >= 0.3 is 12.0 Å². The van der Waals surface area contributed by atoms with Gasteiger partial charge in [-0.2, -0.15) is 0 Å². The predicted octanol–water partition coefficient (Wildman–Crippen LogP) is 2.12. The van der Waals surface area contributed by atoms with Crippen LogP contribution in [-0.4, -0.2) is 29.7 Å². The van der Waals surface area contributed by atoms with Gasteiger partial charge in [-0.3, -0.25) is 0 Å². The molecule has 1 aliphatic rings. The molecule has 5 nitrogen and oxygen atoms in total. The molecule has 5 heteroatoms. The minimum absolute atomic E-state index is 0.360. The molecule has 1 atom stereocenters.